The number of ether oxygens (including phenoxy) is 1. The summed E-state index contributed by atoms with van der Waals surface area (Å²) in [7, 11) is 0. The van der Waals surface area contributed by atoms with Gasteiger partial charge in [0, 0.05) is 19.6 Å². The fraction of sp³-hybridized carbons (Fsp3) is 0.263. The molecule has 0 bridgehead atoms. The van der Waals surface area contributed by atoms with E-state index < -0.39 is 6.10 Å². The highest BCUT2D eigenvalue weighted by Gasteiger charge is 2.13. The van der Waals surface area contributed by atoms with Crippen molar-refractivity contribution in [1.29, 1.82) is 0 Å². The topological polar surface area (TPSA) is 32.7 Å². The number of rotatable bonds is 9. The van der Waals surface area contributed by atoms with Gasteiger partial charge in [0.15, 0.2) is 0 Å². The maximum Gasteiger partial charge on any atom is 0.138 e. The lowest BCUT2D eigenvalue weighted by Crippen LogP contribution is -2.35. The normalized spacial score (nSPS) is 12.1. The molecule has 23 heavy (non-hydrogen) atoms. The first-order chi connectivity index (χ1) is 11.2. The Hall–Kier alpha value is -1.81. The van der Waals surface area contributed by atoms with Crippen LogP contribution in [0.1, 0.15) is 5.56 Å². The smallest absolute Gasteiger partial charge is 0.138 e. The van der Waals surface area contributed by atoms with Crippen LogP contribution in [0.25, 0.3) is 0 Å². The average Bonchev–Trinajstić information content (AvgIpc) is 2.55. The Kier molecular flexibility index (Phi) is 7.14. The largest absolute Gasteiger partial charge is 0.489 e. The summed E-state index contributed by atoms with van der Waals surface area (Å²) in [5.41, 5.74) is 1.20. The maximum atomic E-state index is 10.2. The van der Waals surface area contributed by atoms with Gasteiger partial charge in [0.2, 0.25) is 0 Å². The van der Waals surface area contributed by atoms with Crippen LogP contribution in [-0.2, 0) is 6.54 Å². The summed E-state index contributed by atoms with van der Waals surface area (Å²) in [6.07, 6.45) is 1.24. The van der Waals surface area contributed by atoms with E-state index in [1.165, 1.54) is 5.56 Å². The zero-order valence-electron chi connectivity index (χ0n) is 13.1. The highest BCUT2D eigenvalue weighted by Crippen LogP contribution is 2.23. The van der Waals surface area contributed by atoms with E-state index in [2.05, 4.69) is 23.6 Å². The third kappa shape index (κ3) is 6.06. The molecule has 0 aromatic heterocycles. The molecule has 0 saturated heterocycles. The molecule has 0 spiro atoms. The van der Waals surface area contributed by atoms with Gasteiger partial charge in [-0.2, -0.15) is 0 Å². The summed E-state index contributed by atoms with van der Waals surface area (Å²) in [4.78, 5) is 2.13. The molecule has 1 unspecified atom stereocenters. The summed E-state index contributed by atoms with van der Waals surface area (Å²) in [6.45, 7) is 5.95. The summed E-state index contributed by atoms with van der Waals surface area (Å²) >= 11 is 6.04. The zero-order valence-corrected chi connectivity index (χ0v) is 13.8. The Balaban J connectivity index is 1.86. The van der Waals surface area contributed by atoms with Gasteiger partial charge in [-0.05, 0) is 17.7 Å². The number of para-hydroxylation sites is 1. The van der Waals surface area contributed by atoms with Crippen molar-refractivity contribution in [3.05, 3.63) is 77.8 Å². The zero-order chi connectivity index (χ0) is 16.5. The van der Waals surface area contributed by atoms with E-state index in [-0.39, 0.29) is 6.61 Å². The molecule has 0 aliphatic heterocycles. The SMILES string of the molecule is C=CCN(Cc1ccccc1)CC(O)COc1ccccc1Cl. The van der Waals surface area contributed by atoms with Crippen LogP contribution in [0.15, 0.2) is 67.3 Å². The highest BCUT2D eigenvalue weighted by atomic mass is 35.5. The van der Waals surface area contributed by atoms with Crippen LogP contribution in [-0.4, -0.2) is 35.8 Å². The van der Waals surface area contributed by atoms with E-state index >= 15 is 0 Å². The van der Waals surface area contributed by atoms with Crippen LogP contribution in [0.4, 0.5) is 0 Å². The lowest BCUT2D eigenvalue weighted by molar-refractivity contribution is 0.0697. The van der Waals surface area contributed by atoms with Crippen LogP contribution < -0.4 is 4.74 Å². The van der Waals surface area contributed by atoms with Gasteiger partial charge >= 0.3 is 0 Å². The predicted octanol–water partition coefficient (Wildman–Crippen LogP) is 3.77. The molecule has 3 nitrogen and oxygen atoms in total. The van der Waals surface area contributed by atoms with Gasteiger partial charge in [0.05, 0.1) is 5.02 Å². The third-order valence-corrected chi connectivity index (χ3v) is 3.69. The second-order valence-corrected chi connectivity index (χ2v) is 5.77. The second kappa shape index (κ2) is 9.36. The van der Waals surface area contributed by atoms with Crippen molar-refractivity contribution in [2.75, 3.05) is 19.7 Å². The summed E-state index contributed by atoms with van der Waals surface area (Å²) in [5.74, 6) is 0.589. The number of halogens is 1. The first-order valence-corrected chi connectivity index (χ1v) is 7.99. The van der Waals surface area contributed by atoms with Gasteiger partial charge in [0.25, 0.3) is 0 Å². The Morgan fingerprint density at radius 3 is 2.52 bits per heavy atom. The van der Waals surface area contributed by atoms with Crippen LogP contribution in [0.2, 0.25) is 5.02 Å². The quantitative estimate of drug-likeness (QED) is 0.710. The predicted molar refractivity (Wildman–Crippen MR) is 94.9 cm³/mol. The fourth-order valence-electron chi connectivity index (χ4n) is 2.33. The first-order valence-electron chi connectivity index (χ1n) is 7.61. The number of benzene rings is 2. The van der Waals surface area contributed by atoms with Crippen LogP contribution in [0, 0.1) is 0 Å². The van der Waals surface area contributed by atoms with Crippen molar-refractivity contribution < 1.29 is 9.84 Å². The van der Waals surface area contributed by atoms with Crippen molar-refractivity contribution in [3.8, 4) is 5.75 Å². The van der Waals surface area contributed by atoms with Gasteiger partial charge in [0.1, 0.15) is 18.5 Å². The molecule has 2 aromatic rings. The molecule has 2 rings (SSSR count). The van der Waals surface area contributed by atoms with Crippen molar-refractivity contribution >= 4 is 11.6 Å². The molecular weight excluding hydrogens is 310 g/mol. The van der Waals surface area contributed by atoms with E-state index in [1.807, 2.05) is 36.4 Å². The monoisotopic (exact) mass is 331 g/mol. The Morgan fingerprint density at radius 1 is 1.13 bits per heavy atom. The minimum atomic E-state index is -0.602. The first kappa shape index (κ1) is 17.5. The molecule has 0 heterocycles. The van der Waals surface area contributed by atoms with E-state index in [1.54, 1.807) is 12.1 Å². The van der Waals surface area contributed by atoms with E-state index in [4.69, 9.17) is 16.3 Å². The van der Waals surface area contributed by atoms with Gasteiger partial charge in [-0.25, -0.2) is 0 Å². The third-order valence-electron chi connectivity index (χ3n) is 3.37. The second-order valence-electron chi connectivity index (χ2n) is 5.36. The summed E-state index contributed by atoms with van der Waals surface area (Å²) in [6, 6.07) is 17.4. The average molecular weight is 332 g/mol. The number of aliphatic hydroxyl groups is 1. The van der Waals surface area contributed by atoms with Gasteiger partial charge in [-0.3, -0.25) is 4.90 Å². The van der Waals surface area contributed by atoms with E-state index in [0.29, 0.717) is 23.9 Å². The molecule has 0 fully saturated rings. The molecule has 0 amide bonds. The number of hydrogen-bond acceptors (Lipinski definition) is 3. The molecule has 2 aromatic carbocycles. The molecule has 0 saturated carbocycles. The number of aliphatic hydroxyl groups excluding tert-OH is 1. The molecule has 1 atom stereocenters. The van der Waals surface area contributed by atoms with Crippen LogP contribution in [0.5, 0.6) is 5.75 Å². The van der Waals surface area contributed by atoms with E-state index in [9.17, 15) is 5.11 Å². The lowest BCUT2D eigenvalue weighted by Gasteiger charge is -2.24. The van der Waals surface area contributed by atoms with Crippen molar-refractivity contribution in [2.24, 2.45) is 0 Å². The van der Waals surface area contributed by atoms with Gasteiger partial charge in [-0.1, -0.05) is 60.1 Å². The standard InChI is InChI=1S/C19H22ClNO2/c1-2-12-21(13-16-8-4-3-5-9-16)14-17(22)15-23-19-11-7-6-10-18(19)20/h2-11,17,22H,1,12-15H2. The number of nitrogens with zero attached hydrogens (tertiary/aromatic N) is 1. The number of hydrogen-bond donors (Lipinski definition) is 1. The molecule has 4 heteroatoms. The molecule has 122 valence electrons. The van der Waals surface area contributed by atoms with Crippen LogP contribution in [0.3, 0.4) is 0 Å². The maximum absolute atomic E-state index is 10.2. The Bertz CT molecular complexity index is 603. The Morgan fingerprint density at radius 2 is 1.83 bits per heavy atom. The summed E-state index contributed by atoms with van der Waals surface area (Å²) in [5, 5.41) is 10.8. The molecule has 1 N–H and O–H groups in total. The van der Waals surface area contributed by atoms with Gasteiger partial charge in [-0.15, -0.1) is 6.58 Å². The minimum Gasteiger partial charge on any atom is -0.489 e. The Labute approximate surface area is 142 Å². The molecule has 0 radical (unpaired) electrons. The minimum absolute atomic E-state index is 0.201. The lowest BCUT2D eigenvalue weighted by atomic mass is 10.2. The van der Waals surface area contributed by atoms with E-state index in [0.717, 1.165) is 6.54 Å². The van der Waals surface area contributed by atoms with Crippen molar-refractivity contribution in [1.82, 2.24) is 4.90 Å². The van der Waals surface area contributed by atoms with Crippen LogP contribution >= 0.6 is 11.6 Å². The van der Waals surface area contributed by atoms with Crippen molar-refractivity contribution in [2.45, 2.75) is 12.6 Å². The molecule has 0 aliphatic rings. The molecule has 0 aliphatic carbocycles. The molecular formula is C19H22ClNO2. The highest BCUT2D eigenvalue weighted by molar-refractivity contribution is 6.32. The van der Waals surface area contributed by atoms with Crippen molar-refractivity contribution in [3.63, 3.8) is 0 Å². The fourth-order valence-corrected chi connectivity index (χ4v) is 2.52. The van der Waals surface area contributed by atoms with Gasteiger partial charge < -0.3 is 9.84 Å². The summed E-state index contributed by atoms with van der Waals surface area (Å²) < 4.78 is 5.59.